The molecule has 8 aromatic carbocycles. The lowest BCUT2D eigenvalue weighted by Gasteiger charge is -2.11. The Morgan fingerprint density at radius 2 is 0.702 bits per heavy atom. The van der Waals surface area contributed by atoms with Gasteiger partial charge >= 0.3 is 0 Å². The fraction of sp³-hybridized carbons (Fsp3) is 0. The molecular formula is C51H29N3O3. The molecule has 266 valence electrons. The van der Waals surface area contributed by atoms with E-state index < -0.39 is 0 Å². The van der Waals surface area contributed by atoms with Gasteiger partial charge in [-0.05, 0) is 76.9 Å². The monoisotopic (exact) mass is 731 g/mol. The number of aromatic nitrogens is 3. The van der Waals surface area contributed by atoms with Gasteiger partial charge < -0.3 is 13.3 Å². The van der Waals surface area contributed by atoms with Crippen molar-refractivity contribution < 1.29 is 13.3 Å². The second-order valence-corrected chi connectivity index (χ2v) is 14.3. The zero-order valence-electron chi connectivity index (χ0n) is 30.3. The van der Waals surface area contributed by atoms with Crippen LogP contribution in [0.4, 0.5) is 0 Å². The average Bonchev–Trinajstić information content (AvgIpc) is 3.97. The Kier molecular flexibility index (Phi) is 6.83. The molecular weight excluding hydrogens is 703 g/mol. The van der Waals surface area contributed by atoms with Crippen LogP contribution in [0.3, 0.4) is 0 Å². The van der Waals surface area contributed by atoms with Gasteiger partial charge in [-0.3, -0.25) is 0 Å². The maximum Gasteiger partial charge on any atom is 0.164 e. The van der Waals surface area contributed by atoms with Crippen LogP contribution in [-0.2, 0) is 0 Å². The van der Waals surface area contributed by atoms with Crippen molar-refractivity contribution in [1.82, 2.24) is 15.0 Å². The summed E-state index contributed by atoms with van der Waals surface area (Å²) >= 11 is 0. The Bertz CT molecular complexity index is 3540. The molecule has 0 spiro atoms. The van der Waals surface area contributed by atoms with E-state index >= 15 is 0 Å². The van der Waals surface area contributed by atoms with E-state index in [4.69, 9.17) is 28.2 Å². The molecule has 0 saturated heterocycles. The van der Waals surface area contributed by atoms with Crippen molar-refractivity contribution in [3.05, 3.63) is 176 Å². The number of nitrogens with zero attached hydrogens (tertiary/aromatic N) is 3. The minimum absolute atomic E-state index is 0.553. The number of hydrogen-bond acceptors (Lipinski definition) is 6. The highest BCUT2D eigenvalue weighted by Gasteiger charge is 2.19. The molecule has 12 aromatic rings. The van der Waals surface area contributed by atoms with Crippen LogP contribution in [-0.4, -0.2) is 15.0 Å². The second kappa shape index (κ2) is 12.3. The molecule has 57 heavy (non-hydrogen) atoms. The van der Waals surface area contributed by atoms with Crippen molar-refractivity contribution in [2.24, 2.45) is 0 Å². The molecule has 0 aliphatic carbocycles. The number of para-hydroxylation sites is 2. The summed E-state index contributed by atoms with van der Waals surface area (Å²) in [4.78, 5) is 15.0. The zero-order valence-corrected chi connectivity index (χ0v) is 30.3. The molecule has 0 unspecified atom stereocenters. The van der Waals surface area contributed by atoms with Crippen LogP contribution >= 0.6 is 0 Å². The third kappa shape index (κ3) is 5.08. The first-order valence-electron chi connectivity index (χ1n) is 18.9. The smallest absolute Gasteiger partial charge is 0.164 e. The van der Waals surface area contributed by atoms with Gasteiger partial charge in [0.25, 0.3) is 0 Å². The zero-order chi connectivity index (χ0) is 37.5. The molecule has 0 amide bonds. The molecule has 0 atom stereocenters. The number of furan rings is 3. The lowest BCUT2D eigenvalue weighted by atomic mass is 9.91. The van der Waals surface area contributed by atoms with E-state index in [1.807, 2.05) is 84.9 Å². The largest absolute Gasteiger partial charge is 0.456 e. The Balaban J connectivity index is 0.988. The van der Waals surface area contributed by atoms with Gasteiger partial charge in [0.1, 0.15) is 33.5 Å². The molecule has 4 aromatic heterocycles. The van der Waals surface area contributed by atoms with Crippen LogP contribution < -0.4 is 0 Å². The molecule has 0 aliphatic heterocycles. The maximum atomic E-state index is 6.62. The summed E-state index contributed by atoms with van der Waals surface area (Å²) in [7, 11) is 0. The Labute approximate surface area is 325 Å². The van der Waals surface area contributed by atoms with Gasteiger partial charge in [-0.25, -0.2) is 15.0 Å². The van der Waals surface area contributed by atoms with Crippen molar-refractivity contribution in [3.63, 3.8) is 0 Å². The highest BCUT2D eigenvalue weighted by Crippen LogP contribution is 2.43. The Morgan fingerprint density at radius 3 is 1.37 bits per heavy atom. The van der Waals surface area contributed by atoms with E-state index in [1.54, 1.807) is 0 Å². The van der Waals surface area contributed by atoms with Gasteiger partial charge in [0.05, 0.1) is 0 Å². The van der Waals surface area contributed by atoms with Gasteiger partial charge in [0.15, 0.2) is 17.5 Å². The number of fused-ring (bicyclic) bond motifs is 9. The first-order valence-corrected chi connectivity index (χ1v) is 18.9. The fourth-order valence-electron chi connectivity index (χ4n) is 8.27. The quantitative estimate of drug-likeness (QED) is 0.175. The number of rotatable bonds is 5. The van der Waals surface area contributed by atoms with Gasteiger partial charge in [0.2, 0.25) is 0 Å². The van der Waals surface area contributed by atoms with Crippen LogP contribution in [0.15, 0.2) is 189 Å². The topological polar surface area (TPSA) is 78.1 Å². The molecule has 0 saturated carbocycles. The predicted octanol–water partition coefficient (Wildman–Crippen LogP) is 13.9. The van der Waals surface area contributed by atoms with E-state index in [-0.39, 0.29) is 0 Å². The van der Waals surface area contributed by atoms with Crippen LogP contribution in [0.25, 0.3) is 122 Å². The summed E-state index contributed by atoms with van der Waals surface area (Å²) in [5.41, 5.74) is 11.9. The normalized spacial score (nSPS) is 11.9. The summed E-state index contributed by atoms with van der Waals surface area (Å²) in [6.07, 6.45) is 0. The SMILES string of the molecule is c1ccc(-c2nc(-c3ccc4c(c3)oc3ccccc34)nc(-c3ccc4c(c3)oc3cccc(-c5ccccc5-c5ccc6c(c5)oc5ccccc56)c34)n2)cc1. The van der Waals surface area contributed by atoms with Gasteiger partial charge in [-0.15, -0.1) is 0 Å². The van der Waals surface area contributed by atoms with E-state index in [2.05, 4.69) is 91.0 Å². The lowest BCUT2D eigenvalue weighted by Crippen LogP contribution is -2.00. The standard InChI is InChI=1S/C51H29N3O3/c1-2-11-30(12-3-1)49-52-50(32-22-25-39-37-16-7-9-19-43(37)56-46(39)28-32)54-51(53-49)33-23-26-41-47(29-33)57-44-20-10-17-40(48(41)44)35-14-5-4-13-34(35)31-21-24-38-36-15-6-8-18-42(36)55-45(38)27-31/h1-29H. The molecule has 0 bridgehead atoms. The minimum Gasteiger partial charge on any atom is -0.456 e. The fourth-order valence-corrected chi connectivity index (χ4v) is 8.27. The highest BCUT2D eigenvalue weighted by molar-refractivity contribution is 6.14. The molecule has 0 fully saturated rings. The third-order valence-corrected chi connectivity index (χ3v) is 11.0. The number of hydrogen-bond donors (Lipinski definition) is 0. The van der Waals surface area contributed by atoms with Gasteiger partial charge in [-0.1, -0.05) is 121 Å². The summed E-state index contributed by atoms with van der Waals surface area (Å²) in [5, 5.41) is 6.43. The molecule has 0 radical (unpaired) electrons. The van der Waals surface area contributed by atoms with Crippen LogP contribution in [0.5, 0.6) is 0 Å². The molecule has 6 heteroatoms. The van der Waals surface area contributed by atoms with Crippen LogP contribution in [0, 0.1) is 0 Å². The third-order valence-electron chi connectivity index (χ3n) is 11.0. The summed E-state index contributed by atoms with van der Waals surface area (Å²) in [6.45, 7) is 0. The molecule has 0 N–H and O–H groups in total. The molecule has 12 rings (SSSR count). The highest BCUT2D eigenvalue weighted by atomic mass is 16.3. The molecule has 0 aliphatic rings. The van der Waals surface area contributed by atoms with Crippen LogP contribution in [0.1, 0.15) is 0 Å². The van der Waals surface area contributed by atoms with E-state index in [0.717, 1.165) is 105 Å². The Morgan fingerprint density at radius 1 is 0.263 bits per heavy atom. The number of benzene rings is 8. The Hall–Kier alpha value is -7.83. The summed E-state index contributed by atoms with van der Waals surface area (Å²) in [5.74, 6) is 1.70. The van der Waals surface area contributed by atoms with E-state index in [0.29, 0.717) is 17.5 Å². The second-order valence-electron chi connectivity index (χ2n) is 14.3. The van der Waals surface area contributed by atoms with Crippen molar-refractivity contribution in [1.29, 1.82) is 0 Å². The lowest BCUT2D eigenvalue weighted by molar-refractivity contribution is 0.668. The van der Waals surface area contributed by atoms with Crippen molar-refractivity contribution in [3.8, 4) is 56.4 Å². The van der Waals surface area contributed by atoms with E-state index in [9.17, 15) is 0 Å². The summed E-state index contributed by atoms with van der Waals surface area (Å²) < 4.78 is 19.1. The van der Waals surface area contributed by atoms with Crippen molar-refractivity contribution in [2.75, 3.05) is 0 Å². The van der Waals surface area contributed by atoms with Crippen molar-refractivity contribution in [2.45, 2.75) is 0 Å². The summed E-state index contributed by atoms with van der Waals surface area (Å²) in [6, 6.07) is 59.9. The van der Waals surface area contributed by atoms with Crippen LogP contribution in [0.2, 0.25) is 0 Å². The minimum atomic E-state index is 0.553. The molecule has 4 heterocycles. The predicted molar refractivity (Wildman–Crippen MR) is 229 cm³/mol. The van der Waals surface area contributed by atoms with Crippen molar-refractivity contribution >= 4 is 65.8 Å². The van der Waals surface area contributed by atoms with Gasteiger partial charge in [-0.2, -0.15) is 0 Å². The van der Waals surface area contributed by atoms with Gasteiger partial charge in [0, 0.05) is 49.0 Å². The van der Waals surface area contributed by atoms with E-state index in [1.165, 1.54) is 0 Å². The first-order chi connectivity index (χ1) is 28.2. The maximum absolute atomic E-state index is 6.62. The molecule has 6 nitrogen and oxygen atoms in total. The average molecular weight is 732 g/mol. The first kappa shape index (κ1) is 31.5.